The van der Waals surface area contributed by atoms with Crippen LogP contribution in [0.4, 0.5) is 4.39 Å². The third kappa shape index (κ3) is 5.13. The quantitative estimate of drug-likeness (QED) is 0.313. The standard InChI is InChI=1S/C29H21FO2/c30-26-19-16-23(17-20-26)18-21-28(32-27-14-8-3-9-15-27)22-29(31,24-10-4-1-5-11-24)25-12-6-2-7-13-25/h1-17,19-20,22,31H/b28-22-. The number of ether oxygens (including phenoxy) is 1. The Kier molecular flexibility index (Phi) is 6.46. The second-order valence-corrected chi connectivity index (χ2v) is 7.18. The number of halogens is 1. The van der Waals surface area contributed by atoms with Crippen LogP contribution in [0.1, 0.15) is 16.7 Å². The van der Waals surface area contributed by atoms with Gasteiger partial charge in [0, 0.05) is 11.6 Å². The number of para-hydroxylation sites is 1. The molecule has 2 nitrogen and oxygen atoms in total. The van der Waals surface area contributed by atoms with Gasteiger partial charge in [-0.3, -0.25) is 0 Å². The largest absolute Gasteiger partial charge is 0.449 e. The molecular weight excluding hydrogens is 399 g/mol. The van der Waals surface area contributed by atoms with E-state index < -0.39 is 5.60 Å². The van der Waals surface area contributed by atoms with E-state index in [4.69, 9.17) is 4.74 Å². The first kappa shape index (κ1) is 21.1. The van der Waals surface area contributed by atoms with Crippen LogP contribution in [0.25, 0.3) is 0 Å². The molecule has 4 aromatic rings. The summed E-state index contributed by atoms with van der Waals surface area (Å²) < 4.78 is 19.3. The molecule has 0 aromatic heterocycles. The summed E-state index contributed by atoms with van der Waals surface area (Å²) in [5, 5.41) is 11.9. The smallest absolute Gasteiger partial charge is 0.177 e. The van der Waals surface area contributed by atoms with E-state index in [0.717, 1.165) is 0 Å². The highest BCUT2D eigenvalue weighted by molar-refractivity contribution is 5.46. The van der Waals surface area contributed by atoms with E-state index in [1.807, 2.05) is 91.0 Å². The maximum Gasteiger partial charge on any atom is 0.177 e. The summed E-state index contributed by atoms with van der Waals surface area (Å²) in [6, 6.07) is 33.9. The molecule has 0 saturated carbocycles. The summed E-state index contributed by atoms with van der Waals surface area (Å²) in [5.74, 6) is 6.54. The Morgan fingerprint density at radius 3 is 1.75 bits per heavy atom. The minimum atomic E-state index is -1.47. The molecule has 32 heavy (non-hydrogen) atoms. The molecule has 0 unspecified atom stereocenters. The Bertz CT molecular complexity index is 1200. The van der Waals surface area contributed by atoms with Crippen LogP contribution < -0.4 is 4.74 Å². The van der Waals surface area contributed by atoms with Crippen molar-refractivity contribution in [2.75, 3.05) is 0 Å². The Morgan fingerprint density at radius 1 is 0.719 bits per heavy atom. The fourth-order valence-corrected chi connectivity index (χ4v) is 3.28. The molecule has 0 heterocycles. The fraction of sp³-hybridized carbons (Fsp3) is 0.0345. The van der Waals surface area contributed by atoms with Gasteiger partial charge in [-0.25, -0.2) is 4.39 Å². The van der Waals surface area contributed by atoms with Crippen molar-refractivity contribution < 1.29 is 14.2 Å². The molecule has 0 spiro atoms. The number of benzene rings is 4. The second kappa shape index (κ2) is 9.78. The Morgan fingerprint density at radius 2 is 1.22 bits per heavy atom. The average molecular weight is 420 g/mol. The molecule has 0 fully saturated rings. The van der Waals surface area contributed by atoms with E-state index >= 15 is 0 Å². The number of hydrogen-bond donors (Lipinski definition) is 1. The van der Waals surface area contributed by atoms with Crippen molar-refractivity contribution >= 4 is 0 Å². The number of rotatable bonds is 5. The summed E-state index contributed by atoms with van der Waals surface area (Å²) in [6.07, 6.45) is 1.61. The van der Waals surface area contributed by atoms with Gasteiger partial charge in [0.05, 0.1) is 0 Å². The highest BCUT2D eigenvalue weighted by Gasteiger charge is 2.30. The van der Waals surface area contributed by atoms with E-state index in [0.29, 0.717) is 22.4 Å². The van der Waals surface area contributed by atoms with E-state index in [9.17, 15) is 9.50 Å². The molecule has 156 valence electrons. The van der Waals surface area contributed by atoms with Gasteiger partial charge in [0.25, 0.3) is 0 Å². The molecule has 4 aromatic carbocycles. The van der Waals surface area contributed by atoms with Gasteiger partial charge in [0.15, 0.2) is 5.76 Å². The van der Waals surface area contributed by atoms with E-state index in [-0.39, 0.29) is 11.6 Å². The predicted octanol–water partition coefficient (Wildman–Crippen LogP) is 6.08. The molecule has 0 aliphatic carbocycles. The maximum absolute atomic E-state index is 13.3. The molecule has 4 rings (SSSR count). The van der Waals surface area contributed by atoms with Crippen LogP contribution in [0.5, 0.6) is 5.75 Å². The van der Waals surface area contributed by atoms with Crippen LogP contribution in [-0.2, 0) is 5.60 Å². The van der Waals surface area contributed by atoms with Gasteiger partial charge in [-0.1, -0.05) is 84.8 Å². The van der Waals surface area contributed by atoms with Gasteiger partial charge >= 0.3 is 0 Å². The number of aliphatic hydroxyl groups is 1. The van der Waals surface area contributed by atoms with Crippen LogP contribution in [0.2, 0.25) is 0 Å². The first-order valence-corrected chi connectivity index (χ1v) is 10.2. The zero-order chi connectivity index (χ0) is 22.2. The first-order chi connectivity index (χ1) is 15.6. The Balaban J connectivity index is 1.83. The van der Waals surface area contributed by atoms with Crippen molar-refractivity contribution in [1.82, 2.24) is 0 Å². The lowest BCUT2D eigenvalue weighted by Gasteiger charge is -2.26. The maximum atomic E-state index is 13.3. The summed E-state index contributed by atoms with van der Waals surface area (Å²) >= 11 is 0. The molecule has 0 aliphatic rings. The van der Waals surface area contributed by atoms with E-state index in [2.05, 4.69) is 11.8 Å². The minimum absolute atomic E-state index is 0.274. The average Bonchev–Trinajstić information content (AvgIpc) is 2.85. The van der Waals surface area contributed by atoms with Gasteiger partial charge in [-0.05, 0) is 53.4 Å². The van der Waals surface area contributed by atoms with Gasteiger partial charge in [-0.15, -0.1) is 0 Å². The first-order valence-electron chi connectivity index (χ1n) is 10.2. The second-order valence-electron chi connectivity index (χ2n) is 7.18. The fourth-order valence-electron chi connectivity index (χ4n) is 3.28. The molecule has 0 saturated heterocycles. The molecule has 0 amide bonds. The lowest BCUT2D eigenvalue weighted by molar-refractivity contribution is 0.131. The molecular formula is C29H21FO2. The molecule has 0 bridgehead atoms. The zero-order valence-electron chi connectivity index (χ0n) is 17.3. The third-order valence-electron chi connectivity index (χ3n) is 4.91. The molecule has 0 aliphatic heterocycles. The highest BCUT2D eigenvalue weighted by atomic mass is 19.1. The number of allylic oxidation sites excluding steroid dienone is 1. The van der Waals surface area contributed by atoms with Crippen molar-refractivity contribution in [1.29, 1.82) is 0 Å². The monoisotopic (exact) mass is 420 g/mol. The molecule has 1 N–H and O–H groups in total. The lowest BCUT2D eigenvalue weighted by atomic mass is 9.85. The minimum Gasteiger partial charge on any atom is -0.449 e. The molecule has 0 radical (unpaired) electrons. The molecule has 3 heteroatoms. The van der Waals surface area contributed by atoms with Crippen LogP contribution in [0.15, 0.2) is 127 Å². The van der Waals surface area contributed by atoms with Crippen LogP contribution in [-0.4, -0.2) is 5.11 Å². The summed E-state index contributed by atoms with van der Waals surface area (Å²) in [4.78, 5) is 0. The van der Waals surface area contributed by atoms with E-state index in [1.54, 1.807) is 18.2 Å². The van der Waals surface area contributed by atoms with Crippen LogP contribution in [0.3, 0.4) is 0 Å². The van der Waals surface area contributed by atoms with Crippen molar-refractivity contribution in [3.05, 3.63) is 150 Å². The Labute approximate surface area is 187 Å². The van der Waals surface area contributed by atoms with Crippen LogP contribution in [0, 0.1) is 17.7 Å². The lowest BCUT2D eigenvalue weighted by Crippen LogP contribution is -2.25. The predicted molar refractivity (Wildman–Crippen MR) is 124 cm³/mol. The summed E-state index contributed by atoms with van der Waals surface area (Å²) in [6.45, 7) is 0. The summed E-state index contributed by atoms with van der Waals surface area (Å²) in [7, 11) is 0. The van der Waals surface area contributed by atoms with Gasteiger partial charge in [0.1, 0.15) is 17.2 Å². The highest BCUT2D eigenvalue weighted by Crippen LogP contribution is 2.32. The SMILES string of the molecule is OC(/C=C(/C#Cc1ccc(F)cc1)Oc1ccccc1)(c1ccccc1)c1ccccc1. The van der Waals surface area contributed by atoms with Crippen LogP contribution >= 0.6 is 0 Å². The van der Waals surface area contributed by atoms with E-state index in [1.165, 1.54) is 12.1 Å². The molecule has 0 atom stereocenters. The van der Waals surface area contributed by atoms with Gasteiger partial charge in [0.2, 0.25) is 0 Å². The van der Waals surface area contributed by atoms with Gasteiger partial charge < -0.3 is 9.84 Å². The van der Waals surface area contributed by atoms with Crippen molar-refractivity contribution in [3.63, 3.8) is 0 Å². The summed E-state index contributed by atoms with van der Waals surface area (Å²) in [5.41, 5.74) is 0.536. The Hall–Kier alpha value is -4.13. The van der Waals surface area contributed by atoms with Crippen molar-refractivity contribution in [2.24, 2.45) is 0 Å². The van der Waals surface area contributed by atoms with Crippen molar-refractivity contribution in [3.8, 4) is 17.6 Å². The normalized spacial score (nSPS) is 11.4. The number of hydrogen-bond acceptors (Lipinski definition) is 2. The third-order valence-corrected chi connectivity index (χ3v) is 4.91. The topological polar surface area (TPSA) is 29.5 Å². The van der Waals surface area contributed by atoms with Crippen molar-refractivity contribution in [2.45, 2.75) is 5.60 Å². The van der Waals surface area contributed by atoms with Gasteiger partial charge in [-0.2, -0.15) is 0 Å². The zero-order valence-corrected chi connectivity index (χ0v) is 17.3.